The molecule has 0 aliphatic carbocycles. The quantitative estimate of drug-likeness (QED) is 0.650. The fourth-order valence-corrected chi connectivity index (χ4v) is 1.12. The number of rotatable bonds is 1. The Balaban J connectivity index is 3.06. The van der Waals surface area contributed by atoms with Crippen molar-refractivity contribution in [2.75, 3.05) is 6.61 Å². The second-order valence-corrected chi connectivity index (χ2v) is 2.79. The zero-order valence-corrected chi connectivity index (χ0v) is 7.74. The Hall–Kier alpha value is -1.79. The van der Waals surface area contributed by atoms with Gasteiger partial charge < -0.3 is 10.2 Å². The number of carboxylic acid groups (broad SMARTS) is 1. The molecule has 0 aromatic heterocycles. The third-order valence-corrected chi connectivity index (χ3v) is 1.77. The molecule has 1 rings (SSSR count). The van der Waals surface area contributed by atoms with Crippen LogP contribution in [0.2, 0.25) is 0 Å². The van der Waals surface area contributed by atoms with Gasteiger partial charge >= 0.3 is 5.97 Å². The lowest BCUT2D eigenvalue weighted by Gasteiger charge is -1.99. The lowest BCUT2D eigenvalue weighted by atomic mass is 10.1. The van der Waals surface area contributed by atoms with Gasteiger partial charge in [0.05, 0.1) is 5.56 Å². The van der Waals surface area contributed by atoms with Gasteiger partial charge in [0.1, 0.15) is 6.61 Å². The molecule has 1 aromatic carbocycles. The second kappa shape index (κ2) is 4.45. The van der Waals surface area contributed by atoms with Gasteiger partial charge in [-0.2, -0.15) is 0 Å². The van der Waals surface area contributed by atoms with Gasteiger partial charge in [-0.3, -0.25) is 0 Å². The molecule has 3 heteroatoms. The molecule has 0 aliphatic heterocycles. The number of hydrogen-bond acceptors (Lipinski definition) is 2. The molecule has 0 unspecified atom stereocenters. The van der Waals surface area contributed by atoms with Crippen molar-refractivity contribution in [3.63, 3.8) is 0 Å². The number of aryl methyl sites for hydroxylation is 1. The summed E-state index contributed by atoms with van der Waals surface area (Å²) in [5, 5.41) is 17.2. The van der Waals surface area contributed by atoms with Crippen LogP contribution in [0.1, 0.15) is 21.5 Å². The molecular weight excluding hydrogens is 180 g/mol. The standard InChI is InChI=1S/C11H10O3/c1-8-7-9(3-2-6-12)4-5-10(8)11(13)14/h4-5,7,12H,6H2,1H3,(H,13,14). The Morgan fingerprint density at radius 3 is 2.71 bits per heavy atom. The van der Waals surface area contributed by atoms with Crippen molar-refractivity contribution >= 4 is 5.97 Å². The summed E-state index contributed by atoms with van der Waals surface area (Å²) in [5.41, 5.74) is 1.66. The highest BCUT2D eigenvalue weighted by Gasteiger charge is 2.05. The molecule has 2 N–H and O–H groups in total. The number of carboxylic acids is 1. The first kappa shape index (κ1) is 10.3. The van der Waals surface area contributed by atoms with E-state index in [9.17, 15) is 4.79 Å². The zero-order valence-electron chi connectivity index (χ0n) is 7.74. The van der Waals surface area contributed by atoms with Crippen LogP contribution in [0.25, 0.3) is 0 Å². The van der Waals surface area contributed by atoms with E-state index in [0.29, 0.717) is 11.1 Å². The SMILES string of the molecule is Cc1cc(C#CCO)ccc1C(=O)O. The van der Waals surface area contributed by atoms with Crippen LogP contribution in [-0.4, -0.2) is 22.8 Å². The van der Waals surface area contributed by atoms with Crippen LogP contribution in [0.4, 0.5) is 0 Å². The van der Waals surface area contributed by atoms with Crippen molar-refractivity contribution in [1.29, 1.82) is 0 Å². The Bertz CT molecular complexity index is 410. The molecule has 0 amide bonds. The van der Waals surface area contributed by atoms with E-state index >= 15 is 0 Å². The molecule has 0 heterocycles. The van der Waals surface area contributed by atoms with Crippen LogP contribution in [0.15, 0.2) is 18.2 Å². The van der Waals surface area contributed by atoms with Gasteiger partial charge in [0.15, 0.2) is 0 Å². The minimum Gasteiger partial charge on any atom is -0.478 e. The summed E-state index contributed by atoms with van der Waals surface area (Å²) in [7, 11) is 0. The normalized spacial score (nSPS) is 9.00. The van der Waals surface area contributed by atoms with Crippen molar-refractivity contribution in [1.82, 2.24) is 0 Å². The van der Waals surface area contributed by atoms with Crippen LogP contribution >= 0.6 is 0 Å². The monoisotopic (exact) mass is 190 g/mol. The average Bonchev–Trinajstić information content (AvgIpc) is 2.14. The molecule has 14 heavy (non-hydrogen) atoms. The summed E-state index contributed by atoms with van der Waals surface area (Å²) in [4.78, 5) is 10.7. The van der Waals surface area contributed by atoms with Gasteiger partial charge in [-0.15, -0.1) is 0 Å². The Labute approximate surface area is 82.0 Å². The molecule has 0 aliphatic rings. The van der Waals surface area contributed by atoms with E-state index in [0.717, 1.165) is 0 Å². The molecule has 0 saturated heterocycles. The molecule has 0 bridgehead atoms. The molecule has 0 fully saturated rings. The molecule has 72 valence electrons. The third kappa shape index (κ3) is 2.35. The summed E-state index contributed by atoms with van der Waals surface area (Å²) in [6.07, 6.45) is 0. The van der Waals surface area contributed by atoms with Gasteiger partial charge in [-0.1, -0.05) is 11.8 Å². The predicted octanol–water partition coefficient (Wildman–Crippen LogP) is 1.04. The van der Waals surface area contributed by atoms with Crippen molar-refractivity contribution in [2.45, 2.75) is 6.92 Å². The first-order valence-corrected chi connectivity index (χ1v) is 4.09. The van der Waals surface area contributed by atoms with Crippen LogP contribution < -0.4 is 0 Å². The average molecular weight is 190 g/mol. The van der Waals surface area contributed by atoms with E-state index in [1.165, 1.54) is 6.07 Å². The van der Waals surface area contributed by atoms with E-state index in [4.69, 9.17) is 10.2 Å². The highest BCUT2D eigenvalue weighted by atomic mass is 16.4. The van der Waals surface area contributed by atoms with Gasteiger partial charge in [0.25, 0.3) is 0 Å². The van der Waals surface area contributed by atoms with Gasteiger partial charge in [0, 0.05) is 5.56 Å². The lowest BCUT2D eigenvalue weighted by molar-refractivity contribution is 0.0696. The summed E-state index contributed by atoms with van der Waals surface area (Å²) < 4.78 is 0. The van der Waals surface area contributed by atoms with E-state index in [1.54, 1.807) is 19.1 Å². The van der Waals surface area contributed by atoms with E-state index < -0.39 is 5.97 Å². The highest BCUT2D eigenvalue weighted by Crippen LogP contribution is 2.10. The first-order chi connectivity index (χ1) is 6.65. The maximum Gasteiger partial charge on any atom is 0.335 e. The van der Waals surface area contributed by atoms with Crippen molar-refractivity contribution < 1.29 is 15.0 Å². The van der Waals surface area contributed by atoms with Gasteiger partial charge in [0.2, 0.25) is 0 Å². The third-order valence-electron chi connectivity index (χ3n) is 1.77. The van der Waals surface area contributed by atoms with Crippen molar-refractivity contribution in [2.24, 2.45) is 0 Å². The molecule has 0 spiro atoms. The summed E-state index contributed by atoms with van der Waals surface area (Å²) in [6, 6.07) is 4.82. The van der Waals surface area contributed by atoms with Crippen LogP contribution in [0, 0.1) is 18.8 Å². The predicted molar refractivity (Wildman–Crippen MR) is 52.1 cm³/mol. The van der Waals surface area contributed by atoms with Gasteiger partial charge in [-0.05, 0) is 30.7 Å². The molecule has 1 aromatic rings. The second-order valence-electron chi connectivity index (χ2n) is 2.79. The molecule has 0 atom stereocenters. The minimum absolute atomic E-state index is 0.195. The lowest BCUT2D eigenvalue weighted by Crippen LogP contribution is -1.99. The minimum atomic E-state index is -0.941. The van der Waals surface area contributed by atoms with E-state index in [2.05, 4.69) is 11.8 Å². The maximum atomic E-state index is 10.7. The van der Waals surface area contributed by atoms with Crippen LogP contribution in [-0.2, 0) is 0 Å². The topological polar surface area (TPSA) is 57.5 Å². The number of carbonyl (C=O) groups is 1. The Kier molecular flexibility index (Phi) is 3.27. The zero-order chi connectivity index (χ0) is 10.6. The van der Waals surface area contributed by atoms with Crippen LogP contribution in [0.5, 0.6) is 0 Å². The van der Waals surface area contributed by atoms with E-state index in [1.807, 2.05) is 0 Å². The van der Waals surface area contributed by atoms with Crippen molar-refractivity contribution in [3.05, 3.63) is 34.9 Å². The smallest absolute Gasteiger partial charge is 0.335 e. The molecule has 0 radical (unpaired) electrons. The van der Waals surface area contributed by atoms with Crippen molar-refractivity contribution in [3.8, 4) is 11.8 Å². The summed E-state index contributed by atoms with van der Waals surface area (Å²) in [5.74, 6) is 4.27. The van der Waals surface area contributed by atoms with Crippen LogP contribution in [0.3, 0.4) is 0 Å². The molecular formula is C11H10O3. The number of hydrogen-bond donors (Lipinski definition) is 2. The molecule has 3 nitrogen and oxygen atoms in total. The molecule has 0 saturated carbocycles. The Morgan fingerprint density at radius 1 is 1.50 bits per heavy atom. The largest absolute Gasteiger partial charge is 0.478 e. The number of aromatic carboxylic acids is 1. The fourth-order valence-electron chi connectivity index (χ4n) is 1.12. The highest BCUT2D eigenvalue weighted by molar-refractivity contribution is 5.89. The maximum absolute atomic E-state index is 10.7. The summed E-state index contributed by atoms with van der Waals surface area (Å²) in [6.45, 7) is 1.52. The van der Waals surface area contributed by atoms with Gasteiger partial charge in [-0.25, -0.2) is 4.79 Å². The van der Waals surface area contributed by atoms with E-state index in [-0.39, 0.29) is 12.2 Å². The fraction of sp³-hybridized carbons (Fsp3) is 0.182. The summed E-state index contributed by atoms with van der Waals surface area (Å²) >= 11 is 0. The number of aliphatic hydroxyl groups is 1. The number of aliphatic hydroxyl groups excluding tert-OH is 1. The Morgan fingerprint density at radius 2 is 2.21 bits per heavy atom. The number of benzene rings is 1. The first-order valence-electron chi connectivity index (χ1n) is 4.09.